The summed E-state index contributed by atoms with van der Waals surface area (Å²) < 4.78 is 40.0. The van der Waals surface area contributed by atoms with E-state index in [1.165, 1.54) is 64.3 Å². The van der Waals surface area contributed by atoms with Crippen LogP contribution in [0.1, 0.15) is 133 Å². The number of rotatable bonds is 17. The standard InChI is InChI=1S/C26H25NO3.C23H22ClNO.C14H13NO.C9H10BrCl.C5H12.C3H4O2.2C2H4O2.C2H6.CH3F.CH2O3.2K.Pd.H/c1-4-26(28)29-15-5-6-20-9-11-21(12-10-20)27-22-13-7-18(2)16-24(22)30-25-17-19(3)8-14-23(25)27;1-16-5-11-20-22(14-16)26-23-15-17(2)6-12-21(23)25(20)19-9-7-18(8-10-19)4-3-13-24;1-9-3-5-11-13(7-9)16-14-8-10(2)4-6-12(14)15-11;10-9-5-3-8(4-6-9)2-1-7-11;1-3-5-4-2;1-2-3(4)5;2*1-2(3)4;2*1-2;2-1-4-3;;;;/h4,7-14,16-17H,1,5-6,15H2,2-3H3;5-12,14-15H,3-4,13H2,1-2H3;3-8,15H,1-2H3;3-6H,1-2,7H2;3-5H2,1-2H3;2H,1H2,(H,4,5);2*1H3,(H,3,4);1-2H3;1H3;1,3H;;;;/q;;;;;;;;;;;2*+1;;-1/p-1/i;;;;;;;;;1D;;;;;. The Morgan fingerprint density at radius 3 is 1.05 bits per heavy atom. The van der Waals surface area contributed by atoms with E-state index in [-0.39, 0.29) is 137 Å². The number of carbonyl (C=O) groups excluding carboxylic acids is 2. The van der Waals surface area contributed by atoms with Gasteiger partial charge in [-0.1, -0.05) is 149 Å². The predicted molar refractivity (Wildman–Crippen MR) is 445 cm³/mol. The van der Waals surface area contributed by atoms with Crippen LogP contribution < -0.4 is 137 Å². The van der Waals surface area contributed by atoms with Gasteiger partial charge in [-0.15, -0.1) is 23.2 Å². The molecule has 4 N–H and O–H groups in total. The number of ether oxygens (including phenoxy) is 4. The molecule has 0 saturated heterocycles. The summed E-state index contributed by atoms with van der Waals surface area (Å²) in [7, 11) is -1.00. The summed E-state index contributed by atoms with van der Waals surface area (Å²) in [6.07, 6.45) is 11.9. The van der Waals surface area contributed by atoms with Crippen LogP contribution in [0.5, 0.6) is 34.5 Å². The molecule has 3 heterocycles. The van der Waals surface area contributed by atoms with Gasteiger partial charge < -0.3 is 61.0 Å². The van der Waals surface area contributed by atoms with E-state index in [2.05, 4.69) is 262 Å². The van der Waals surface area contributed by atoms with Gasteiger partial charge in [0.1, 0.15) is 0 Å². The van der Waals surface area contributed by atoms with Crippen molar-refractivity contribution < 1.29 is 199 Å². The fourth-order valence-corrected chi connectivity index (χ4v) is 10.7. The monoisotopic (exact) mass is 1780 g/mol. The number of hydrogen-bond donors (Lipinski definition) is 4. The van der Waals surface area contributed by atoms with Crippen molar-refractivity contribution in [2.75, 3.05) is 40.6 Å². The van der Waals surface area contributed by atoms with Gasteiger partial charge in [0.15, 0.2) is 34.5 Å². The molecule has 0 aromatic heterocycles. The molecule has 0 atom stereocenters. The first kappa shape index (κ1) is 105. The number of unbranched alkanes of at least 4 members (excludes halogenated alkanes) is 2. The predicted octanol–water partition coefficient (Wildman–Crippen LogP) is 18.2. The number of halogens is 4. The van der Waals surface area contributed by atoms with E-state index in [0.717, 1.165) is 160 Å². The van der Waals surface area contributed by atoms with Crippen molar-refractivity contribution in [3.63, 3.8) is 0 Å². The molecule has 12 rings (SSSR count). The molecule has 9 aromatic carbocycles. The third-order valence-electron chi connectivity index (χ3n) is 15.1. The molecule has 3 aliphatic rings. The van der Waals surface area contributed by atoms with Gasteiger partial charge >= 0.3 is 115 Å². The summed E-state index contributed by atoms with van der Waals surface area (Å²) in [5, 5.41) is 34.2. The second-order valence-corrected chi connectivity index (χ2v) is 25.8. The molecular formula is C88H105BrCl2FK2N3O14Pd. The van der Waals surface area contributed by atoms with Crippen LogP contribution in [0, 0.1) is 41.5 Å². The van der Waals surface area contributed by atoms with Gasteiger partial charge in [-0.25, -0.2) is 9.59 Å². The van der Waals surface area contributed by atoms with E-state index >= 15 is 0 Å². The minimum atomic E-state index is -1.00. The van der Waals surface area contributed by atoms with E-state index in [0.29, 0.717) is 12.5 Å². The zero-order valence-electron chi connectivity index (χ0n) is 68.7. The number of aliphatic carboxylic acids is 3. The van der Waals surface area contributed by atoms with Crippen molar-refractivity contribution in [3.8, 4) is 34.5 Å². The molecule has 9 aromatic rings. The zero-order valence-corrected chi connectivity index (χ0v) is 77.6. The van der Waals surface area contributed by atoms with Crippen molar-refractivity contribution in [2.45, 2.75) is 141 Å². The van der Waals surface area contributed by atoms with Crippen LogP contribution in [0.3, 0.4) is 0 Å². The number of aryl methyl sites for hydroxylation is 9. The fraction of sp³-hybridized carbons (Fsp3) is 0.284. The van der Waals surface area contributed by atoms with Crippen LogP contribution in [0.15, 0.2) is 212 Å². The molecule has 0 amide bonds. The summed E-state index contributed by atoms with van der Waals surface area (Å²) in [5.41, 5.74) is 19.5. The zero-order chi connectivity index (χ0) is 82.1. The molecule has 24 heteroatoms. The summed E-state index contributed by atoms with van der Waals surface area (Å²) in [6, 6.07) is 63.3. The normalized spacial score (nSPS) is 10.3. The molecule has 596 valence electrons. The largest absolute Gasteiger partial charge is 1.00 e. The third kappa shape index (κ3) is 40.7. The molecule has 0 saturated carbocycles. The van der Waals surface area contributed by atoms with Crippen molar-refractivity contribution in [1.29, 1.82) is 0 Å². The van der Waals surface area contributed by atoms with Gasteiger partial charge in [-0.3, -0.25) is 18.8 Å². The van der Waals surface area contributed by atoms with Crippen LogP contribution in [0.2, 0.25) is 0 Å². The van der Waals surface area contributed by atoms with E-state index in [4.69, 9.17) is 78.5 Å². The molecule has 0 bridgehead atoms. The molecule has 17 nitrogen and oxygen atoms in total. The van der Waals surface area contributed by atoms with Gasteiger partial charge in [-0.05, 0) is 239 Å². The quantitative estimate of drug-likeness (QED) is 0.00970. The molecule has 112 heavy (non-hydrogen) atoms. The van der Waals surface area contributed by atoms with Gasteiger partial charge in [0.2, 0.25) is 0 Å². The molecule has 3 aliphatic heterocycles. The van der Waals surface area contributed by atoms with Gasteiger partial charge in [-0.2, -0.15) is 0 Å². The minimum absolute atomic E-state index is 0. The topological polar surface area (TPSA) is 234 Å². The second kappa shape index (κ2) is 61.9. The maximum Gasteiger partial charge on any atom is 1.00 e. The molecule has 0 fully saturated rings. The first-order valence-corrected chi connectivity index (χ1v) is 37.3. The summed E-state index contributed by atoms with van der Waals surface area (Å²) in [4.78, 5) is 54.1. The average Bonchev–Trinajstić information content (AvgIpc) is 0.766. The van der Waals surface area contributed by atoms with E-state index < -0.39 is 25.1 Å². The van der Waals surface area contributed by atoms with Crippen LogP contribution >= 0.6 is 39.1 Å². The Morgan fingerprint density at radius 2 is 0.795 bits per heavy atom. The van der Waals surface area contributed by atoms with Crippen LogP contribution in [0.25, 0.3) is 0 Å². The van der Waals surface area contributed by atoms with E-state index in [1.54, 1.807) is 0 Å². The second-order valence-electron chi connectivity index (χ2n) is 24.1. The number of hydrogen-bond acceptors (Lipinski definition) is 14. The van der Waals surface area contributed by atoms with Crippen molar-refractivity contribution in [3.05, 3.63) is 262 Å². The van der Waals surface area contributed by atoms with Crippen LogP contribution in [-0.4, -0.2) is 71.2 Å². The Hall–Kier alpha value is -6.50. The molecule has 0 unspecified atom stereocenters. The Kier molecular flexibility index (Phi) is 58.3. The number of nitrogens with zero attached hydrogens (tertiary/aromatic N) is 2. The smallest absolute Gasteiger partial charge is 1.00 e. The number of esters is 1. The summed E-state index contributed by atoms with van der Waals surface area (Å²) in [6.45, 7) is 29.6. The molecule has 0 spiro atoms. The third-order valence-corrected chi connectivity index (χ3v) is 16.1. The first-order chi connectivity index (χ1) is 52.7. The summed E-state index contributed by atoms with van der Waals surface area (Å²) in [5.74, 6) is 3.74. The van der Waals surface area contributed by atoms with Crippen molar-refractivity contribution >= 4 is 115 Å². The minimum Gasteiger partial charge on any atom is -1.00 e. The van der Waals surface area contributed by atoms with Crippen molar-refractivity contribution in [2.24, 2.45) is 0 Å². The van der Waals surface area contributed by atoms with Crippen LogP contribution in [-0.2, 0) is 73.3 Å². The first-order valence-electron chi connectivity index (χ1n) is 36.1. The maximum atomic E-state index is 11.1. The van der Waals surface area contributed by atoms with Crippen molar-refractivity contribution in [1.82, 2.24) is 0 Å². The molecule has 0 radical (unpaired) electrons. The Labute approximate surface area is 782 Å². The van der Waals surface area contributed by atoms with Crippen LogP contribution in [0.4, 0.5) is 49.9 Å². The number of carbonyl (C=O) groups is 5. The van der Waals surface area contributed by atoms with Gasteiger partial charge in [0.25, 0.3) is 18.4 Å². The average molecular weight is 1780 g/mol. The van der Waals surface area contributed by atoms with E-state index in [1.807, 2.05) is 38.1 Å². The number of anilines is 8. The number of nitrogens with one attached hydrogen (secondary N) is 1. The summed E-state index contributed by atoms with van der Waals surface area (Å²) >= 11 is 14.8. The molecule has 0 aliphatic carbocycles. The Bertz CT molecular complexity index is 4140. The number of carboxylic acid groups (broad SMARTS) is 3. The SMILES string of the molecule is C=CC(=O)O.C=CC(=O)OCCCc1ccc(N2c3ccc(C)cc3Oc3cc(C)ccc32)cc1.CC.CC(=O)O.CC(=O)O.CCCCC.Cc1ccc2c(c1)Oc1cc(C)ccc1N2.Cc1ccc2c(c1)Oc1cc(C)ccc1N2c1ccc(CCCCl)cc1.ClCCCc1ccc(Br)cc1.O=CO[O-].[2H]CF.[H-].[K+].[K+].[Pd]. The van der Waals surface area contributed by atoms with E-state index in [9.17, 15) is 14.0 Å². The number of benzene rings is 9. The number of alkyl halides is 3. The molecular weight excluding hydrogens is 1680 g/mol. The number of carboxylic acids is 3. The maximum absolute atomic E-state index is 11.1. The fourth-order valence-electron chi connectivity index (χ4n) is 10.2. The Morgan fingerprint density at radius 1 is 0.527 bits per heavy atom. The van der Waals surface area contributed by atoms with Gasteiger partial charge in [0.05, 0.1) is 49.3 Å². The van der Waals surface area contributed by atoms with Gasteiger partial charge in [0, 0.05) is 74.0 Å². The Balaban J connectivity index is -0.00000133. The number of fused-ring (bicyclic) bond motifs is 6.